The molecule has 0 atom stereocenters. The fourth-order valence-corrected chi connectivity index (χ4v) is 4.76. The number of H-pyrrole nitrogens is 1. The number of hydrogen-bond acceptors (Lipinski definition) is 7. The Morgan fingerprint density at radius 3 is 2.42 bits per heavy atom. The highest BCUT2D eigenvalue weighted by molar-refractivity contribution is 9.10. The van der Waals surface area contributed by atoms with Crippen LogP contribution in [0.2, 0.25) is 0 Å². The van der Waals surface area contributed by atoms with Crippen LogP contribution in [0.1, 0.15) is 33.3 Å². The number of nitrogens with zero attached hydrogens (tertiary/aromatic N) is 1. The van der Waals surface area contributed by atoms with E-state index in [2.05, 4.69) is 31.4 Å². The van der Waals surface area contributed by atoms with Gasteiger partial charge < -0.3 is 19.2 Å². The summed E-state index contributed by atoms with van der Waals surface area (Å²) in [6.45, 7) is 1.25. The van der Waals surface area contributed by atoms with Crippen LogP contribution in [0.5, 0.6) is 17.2 Å². The summed E-state index contributed by atoms with van der Waals surface area (Å²) in [7, 11) is 1.38. The number of para-hydroxylation sites is 1. The molecule has 0 unspecified atom stereocenters. The topological polar surface area (TPSA) is 119 Å². The van der Waals surface area contributed by atoms with Gasteiger partial charge in [0.25, 0.3) is 5.91 Å². The maximum absolute atomic E-state index is 14.6. The second kappa shape index (κ2) is 12.7. The lowest BCUT2D eigenvalue weighted by Crippen LogP contribution is -2.19. The van der Waals surface area contributed by atoms with Crippen molar-refractivity contribution in [2.75, 3.05) is 7.11 Å². The van der Waals surface area contributed by atoms with Crippen LogP contribution in [-0.4, -0.2) is 36.2 Å². The zero-order valence-corrected chi connectivity index (χ0v) is 24.4. The summed E-state index contributed by atoms with van der Waals surface area (Å²) in [5.41, 5.74) is 4.59. The first kappa shape index (κ1) is 29.2. The molecule has 1 heterocycles. The SMILES string of the molecule is COc1cc(C(=O)Oc2ccc(Br)cc2C=NNC(=O)c2[nH]c3c(F)cccc3c2-c2ccccc2)ccc1OC(C)=O. The van der Waals surface area contributed by atoms with Crippen molar-refractivity contribution in [3.8, 4) is 28.4 Å². The molecule has 0 aliphatic heterocycles. The van der Waals surface area contributed by atoms with Gasteiger partial charge >= 0.3 is 11.9 Å². The third-order valence-electron chi connectivity index (χ3n) is 6.27. The number of rotatable bonds is 8. The molecule has 0 saturated heterocycles. The van der Waals surface area contributed by atoms with Gasteiger partial charge in [-0.3, -0.25) is 9.59 Å². The molecule has 2 N–H and O–H groups in total. The predicted molar refractivity (Wildman–Crippen MR) is 162 cm³/mol. The Kier molecular flexibility index (Phi) is 8.63. The van der Waals surface area contributed by atoms with Gasteiger partial charge in [0.15, 0.2) is 11.5 Å². The summed E-state index contributed by atoms with van der Waals surface area (Å²) in [6, 6.07) is 22.9. The largest absolute Gasteiger partial charge is 0.493 e. The molecule has 9 nitrogen and oxygen atoms in total. The van der Waals surface area contributed by atoms with Crippen LogP contribution in [-0.2, 0) is 4.79 Å². The summed E-state index contributed by atoms with van der Waals surface area (Å²) in [6.07, 6.45) is 1.32. The number of methoxy groups -OCH3 is 1. The molecule has 1 amide bonds. The number of halogens is 2. The lowest BCUT2D eigenvalue weighted by molar-refractivity contribution is -0.132. The maximum Gasteiger partial charge on any atom is 0.343 e. The van der Waals surface area contributed by atoms with E-state index in [0.717, 1.165) is 5.56 Å². The van der Waals surface area contributed by atoms with Crippen molar-refractivity contribution in [2.45, 2.75) is 6.92 Å². The van der Waals surface area contributed by atoms with Crippen LogP contribution in [0.3, 0.4) is 0 Å². The summed E-state index contributed by atoms with van der Waals surface area (Å²) in [5, 5.41) is 4.63. The first-order valence-electron chi connectivity index (χ1n) is 12.8. The van der Waals surface area contributed by atoms with Crippen molar-refractivity contribution in [1.29, 1.82) is 0 Å². The number of ether oxygens (including phenoxy) is 3. The van der Waals surface area contributed by atoms with Gasteiger partial charge in [-0.1, -0.05) is 58.4 Å². The Bertz CT molecular complexity index is 1890. The number of carbonyl (C=O) groups is 3. The molecule has 0 bridgehead atoms. The molecule has 216 valence electrons. The van der Waals surface area contributed by atoms with Crippen molar-refractivity contribution < 1.29 is 33.0 Å². The van der Waals surface area contributed by atoms with Gasteiger partial charge in [-0.05, 0) is 48.0 Å². The molecular formula is C32H23BrFN3O6. The number of aromatic amines is 1. The first-order valence-corrected chi connectivity index (χ1v) is 13.6. The molecule has 11 heteroatoms. The highest BCUT2D eigenvalue weighted by Crippen LogP contribution is 2.34. The number of nitrogens with one attached hydrogen (secondary N) is 2. The van der Waals surface area contributed by atoms with E-state index in [1.54, 1.807) is 30.3 Å². The highest BCUT2D eigenvalue weighted by atomic mass is 79.9. The lowest BCUT2D eigenvalue weighted by Gasteiger charge is -2.11. The second-order valence-electron chi connectivity index (χ2n) is 9.13. The van der Waals surface area contributed by atoms with Crippen molar-refractivity contribution in [3.05, 3.63) is 112 Å². The van der Waals surface area contributed by atoms with E-state index in [9.17, 15) is 18.8 Å². The molecule has 5 rings (SSSR count). The molecule has 5 aromatic rings. The number of hydrogen-bond donors (Lipinski definition) is 2. The molecule has 0 spiro atoms. The van der Waals surface area contributed by atoms with Gasteiger partial charge in [-0.15, -0.1) is 0 Å². The minimum atomic E-state index is -0.707. The van der Waals surface area contributed by atoms with Gasteiger partial charge in [0.1, 0.15) is 17.3 Å². The quantitative estimate of drug-likeness (QED) is 0.0845. The predicted octanol–water partition coefficient (Wildman–Crippen LogP) is 6.65. The molecule has 43 heavy (non-hydrogen) atoms. The smallest absolute Gasteiger partial charge is 0.343 e. The van der Waals surface area contributed by atoms with E-state index in [1.807, 2.05) is 30.3 Å². The molecule has 0 fully saturated rings. The van der Waals surface area contributed by atoms with E-state index >= 15 is 0 Å². The minimum Gasteiger partial charge on any atom is -0.493 e. The van der Waals surface area contributed by atoms with Crippen LogP contribution in [0, 0.1) is 5.82 Å². The second-order valence-corrected chi connectivity index (χ2v) is 10.0. The van der Waals surface area contributed by atoms with Crippen molar-refractivity contribution in [1.82, 2.24) is 10.4 Å². The summed E-state index contributed by atoms with van der Waals surface area (Å²) in [4.78, 5) is 40.4. The molecule has 0 aliphatic rings. The van der Waals surface area contributed by atoms with E-state index < -0.39 is 23.7 Å². The monoisotopic (exact) mass is 643 g/mol. The summed E-state index contributed by atoms with van der Waals surface area (Å²) < 4.78 is 31.2. The number of esters is 2. The van der Waals surface area contributed by atoms with Crippen LogP contribution >= 0.6 is 15.9 Å². The number of amides is 1. The van der Waals surface area contributed by atoms with Crippen molar-refractivity contribution in [3.63, 3.8) is 0 Å². The van der Waals surface area contributed by atoms with Crippen LogP contribution in [0.15, 0.2) is 94.5 Å². The minimum absolute atomic E-state index is 0.135. The molecule has 1 aromatic heterocycles. The number of fused-ring (bicyclic) bond motifs is 1. The Morgan fingerprint density at radius 2 is 1.67 bits per heavy atom. The molecule has 0 aliphatic carbocycles. The fourth-order valence-electron chi connectivity index (χ4n) is 4.38. The summed E-state index contributed by atoms with van der Waals surface area (Å²) in [5.74, 6) is -1.83. The Morgan fingerprint density at radius 1 is 0.907 bits per heavy atom. The van der Waals surface area contributed by atoms with E-state index in [4.69, 9.17) is 14.2 Å². The normalized spacial score (nSPS) is 11.0. The summed E-state index contributed by atoms with van der Waals surface area (Å²) >= 11 is 3.39. The Hall–Kier alpha value is -5.29. The maximum atomic E-state index is 14.6. The Balaban J connectivity index is 1.39. The first-order chi connectivity index (χ1) is 20.7. The van der Waals surface area contributed by atoms with Gasteiger partial charge in [-0.2, -0.15) is 5.10 Å². The van der Waals surface area contributed by atoms with E-state index in [0.29, 0.717) is 21.0 Å². The highest BCUT2D eigenvalue weighted by Gasteiger charge is 2.21. The molecule has 0 radical (unpaired) electrons. The van der Waals surface area contributed by atoms with Gasteiger partial charge in [0.2, 0.25) is 0 Å². The standard InChI is InChI=1S/C32H23BrFN3O6/c1-18(38)42-26-13-11-20(16-27(26)41-2)32(40)43-25-14-12-22(33)15-21(25)17-35-37-31(39)30-28(19-7-4-3-5-8-19)23-9-6-10-24(34)29(23)36-30/h3-17,36H,1-2H3,(H,37,39). The van der Waals surface area contributed by atoms with Gasteiger partial charge in [0, 0.05) is 27.9 Å². The zero-order chi connectivity index (χ0) is 30.5. The van der Waals surface area contributed by atoms with Crippen LogP contribution in [0.4, 0.5) is 4.39 Å². The number of hydrazone groups is 1. The number of carbonyl (C=O) groups excluding carboxylic acids is 3. The van der Waals surface area contributed by atoms with Crippen LogP contribution < -0.4 is 19.6 Å². The van der Waals surface area contributed by atoms with Gasteiger partial charge in [-0.25, -0.2) is 14.6 Å². The third kappa shape index (κ3) is 6.47. The average Bonchev–Trinajstić information content (AvgIpc) is 3.40. The van der Waals surface area contributed by atoms with E-state index in [-0.39, 0.29) is 34.0 Å². The lowest BCUT2D eigenvalue weighted by atomic mass is 10.0. The van der Waals surface area contributed by atoms with Crippen molar-refractivity contribution in [2.24, 2.45) is 5.10 Å². The van der Waals surface area contributed by atoms with Gasteiger partial charge in [0.05, 0.1) is 24.4 Å². The van der Waals surface area contributed by atoms with Crippen LogP contribution in [0.25, 0.3) is 22.0 Å². The number of aromatic nitrogens is 1. The van der Waals surface area contributed by atoms with Crippen molar-refractivity contribution >= 4 is 50.9 Å². The molecule has 0 saturated carbocycles. The Labute approximate surface area is 253 Å². The fraction of sp³-hybridized carbons (Fsp3) is 0.0625. The number of benzene rings is 4. The molecular weight excluding hydrogens is 621 g/mol. The average molecular weight is 644 g/mol. The van der Waals surface area contributed by atoms with E-state index in [1.165, 1.54) is 44.5 Å². The molecule has 4 aromatic carbocycles. The third-order valence-corrected chi connectivity index (χ3v) is 6.76. The zero-order valence-electron chi connectivity index (χ0n) is 22.8.